The Hall–Kier alpha value is -2.54. The summed E-state index contributed by atoms with van der Waals surface area (Å²) in [5.74, 6) is -0.345. The van der Waals surface area contributed by atoms with E-state index in [1.54, 1.807) is 35.9 Å². The van der Waals surface area contributed by atoms with Crippen LogP contribution in [0.15, 0.2) is 42.6 Å². The molecule has 0 saturated heterocycles. The van der Waals surface area contributed by atoms with Gasteiger partial charge in [-0.3, -0.25) is 0 Å². The zero-order chi connectivity index (χ0) is 13.7. The molecule has 1 aromatic heterocycles. The zero-order valence-electron chi connectivity index (χ0n) is 10.7. The Morgan fingerprint density at radius 2 is 2.11 bits per heavy atom. The Morgan fingerprint density at radius 3 is 2.84 bits per heavy atom. The molecule has 0 N–H and O–H groups in total. The number of benzene rings is 1. The van der Waals surface area contributed by atoms with Gasteiger partial charge in [-0.15, -0.1) is 0 Å². The van der Waals surface area contributed by atoms with Crippen LogP contribution in [0.4, 0.5) is 0 Å². The predicted molar refractivity (Wildman–Crippen MR) is 70.6 cm³/mol. The first kappa shape index (κ1) is 12.9. The lowest BCUT2D eigenvalue weighted by molar-refractivity contribution is 0.0514. The Bertz CT molecular complexity index is 623. The Balaban J connectivity index is 2.27. The van der Waals surface area contributed by atoms with Crippen molar-refractivity contribution < 1.29 is 9.53 Å². The molecule has 1 aromatic carbocycles. The first-order valence-corrected chi connectivity index (χ1v) is 6.06. The molecule has 0 bridgehead atoms. The lowest BCUT2D eigenvalue weighted by atomic mass is 10.1. The molecule has 0 unspecified atom stereocenters. The highest BCUT2D eigenvalue weighted by molar-refractivity contribution is 5.87. The molecule has 19 heavy (non-hydrogen) atoms. The molecule has 0 aliphatic heterocycles. The summed E-state index contributed by atoms with van der Waals surface area (Å²) >= 11 is 0. The Labute approximate surface area is 111 Å². The highest BCUT2D eigenvalue weighted by Crippen LogP contribution is 2.12. The van der Waals surface area contributed by atoms with Gasteiger partial charge in [0.25, 0.3) is 0 Å². The third-order valence-corrected chi connectivity index (χ3v) is 2.79. The first-order chi connectivity index (χ1) is 9.26. The highest BCUT2D eigenvalue weighted by atomic mass is 16.5. The number of nitriles is 1. The number of hydrogen-bond acceptors (Lipinski definition) is 3. The van der Waals surface area contributed by atoms with Crippen LogP contribution in [0, 0.1) is 11.3 Å². The van der Waals surface area contributed by atoms with Crippen molar-refractivity contribution in [2.24, 2.45) is 0 Å². The van der Waals surface area contributed by atoms with Gasteiger partial charge in [0.2, 0.25) is 0 Å². The average Bonchev–Trinajstić information content (AvgIpc) is 2.88. The van der Waals surface area contributed by atoms with E-state index in [4.69, 9.17) is 10.00 Å². The third-order valence-electron chi connectivity index (χ3n) is 2.79. The van der Waals surface area contributed by atoms with Crippen molar-refractivity contribution in [1.29, 1.82) is 5.26 Å². The summed E-state index contributed by atoms with van der Waals surface area (Å²) in [7, 11) is 0. The van der Waals surface area contributed by atoms with Crippen LogP contribution in [0.3, 0.4) is 0 Å². The fraction of sp³-hybridized carbons (Fsp3) is 0.200. The van der Waals surface area contributed by atoms with Crippen LogP contribution < -0.4 is 0 Å². The van der Waals surface area contributed by atoms with Crippen LogP contribution >= 0.6 is 0 Å². The van der Waals surface area contributed by atoms with Gasteiger partial charge in [0.15, 0.2) is 0 Å². The topological polar surface area (TPSA) is 55.0 Å². The molecule has 0 aliphatic carbocycles. The van der Waals surface area contributed by atoms with Crippen molar-refractivity contribution >= 4 is 5.97 Å². The number of carbonyl (C=O) groups excluding carboxylic acids is 1. The van der Waals surface area contributed by atoms with E-state index in [-0.39, 0.29) is 5.97 Å². The molecule has 0 aliphatic rings. The van der Waals surface area contributed by atoms with Crippen LogP contribution in [-0.2, 0) is 11.3 Å². The van der Waals surface area contributed by atoms with Gasteiger partial charge in [-0.2, -0.15) is 5.26 Å². The Morgan fingerprint density at radius 1 is 1.32 bits per heavy atom. The quantitative estimate of drug-likeness (QED) is 0.788. The maximum Gasteiger partial charge on any atom is 0.354 e. The number of esters is 1. The number of ether oxygens (including phenoxy) is 1. The van der Waals surface area contributed by atoms with Gasteiger partial charge in [-0.05, 0) is 30.7 Å². The SMILES string of the molecule is CCOC(=O)c1cccn1Cc1ccccc1C#N. The zero-order valence-corrected chi connectivity index (χ0v) is 10.7. The van der Waals surface area contributed by atoms with Crippen LogP contribution in [-0.4, -0.2) is 17.1 Å². The van der Waals surface area contributed by atoms with Crippen molar-refractivity contribution in [1.82, 2.24) is 4.57 Å². The maximum absolute atomic E-state index is 11.8. The molecule has 4 heteroatoms. The minimum atomic E-state index is -0.345. The lowest BCUT2D eigenvalue weighted by Gasteiger charge is -2.09. The first-order valence-electron chi connectivity index (χ1n) is 6.06. The molecule has 0 fully saturated rings. The summed E-state index contributed by atoms with van der Waals surface area (Å²) < 4.78 is 6.78. The second-order valence-corrected chi connectivity index (χ2v) is 4.01. The number of aromatic nitrogens is 1. The van der Waals surface area contributed by atoms with Gasteiger partial charge < -0.3 is 9.30 Å². The summed E-state index contributed by atoms with van der Waals surface area (Å²) in [5.41, 5.74) is 1.99. The maximum atomic E-state index is 11.8. The van der Waals surface area contributed by atoms with Gasteiger partial charge in [0, 0.05) is 12.7 Å². The van der Waals surface area contributed by atoms with E-state index in [9.17, 15) is 4.79 Å². The molecule has 0 saturated carbocycles. The van der Waals surface area contributed by atoms with Crippen molar-refractivity contribution in [3.8, 4) is 6.07 Å². The second-order valence-electron chi connectivity index (χ2n) is 4.01. The van der Waals surface area contributed by atoms with Crippen LogP contribution in [0.2, 0.25) is 0 Å². The summed E-state index contributed by atoms with van der Waals surface area (Å²) in [6.07, 6.45) is 1.81. The van der Waals surface area contributed by atoms with E-state index in [0.717, 1.165) is 5.56 Å². The summed E-state index contributed by atoms with van der Waals surface area (Å²) in [6, 6.07) is 13.0. The summed E-state index contributed by atoms with van der Waals surface area (Å²) in [5, 5.41) is 9.06. The van der Waals surface area contributed by atoms with Gasteiger partial charge >= 0.3 is 5.97 Å². The van der Waals surface area contributed by atoms with Gasteiger partial charge in [-0.25, -0.2) is 4.79 Å². The molecule has 2 rings (SSSR count). The van der Waals surface area contributed by atoms with Crippen molar-refractivity contribution in [3.63, 3.8) is 0 Å². The second kappa shape index (κ2) is 5.87. The molecule has 1 heterocycles. The van der Waals surface area contributed by atoms with E-state index in [1.165, 1.54) is 0 Å². The minimum absolute atomic E-state index is 0.345. The van der Waals surface area contributed by atoms with Crippen molar-refractivity contribution in [2.45, 2.75) is 13.5 Å². The smallest absolute Gasteiger partial charge is 0.354 e. The molecule has 0 radical (unpaired) electrons. The molecule has 96 valence electrons. The van der Waals surface area contributed by atoms with E-state index in [2.05, 4.69) is 6.07 Å². The molecular weight excluding hydrogens is 240 g/mol. The van der Waals surface area contributed by atoms with Crippen LogP contribution in [0.1, 0.15) is 28.5 Å². The normalized spacial score (nSPS) is 9.89. The fourth-order valence-corrected chi connectivity index (χ4v) is 1.89. The Kier molecular flexibility index (Phi) is 3.99. The number of rotatable bonds is 4. The van der Waals surface area contributed by atoms with Gasteiger partial charge in [-0.1, -0.05) is 18.2 Å². The largest absolute Gasteiger partial charge is 0.461 e. The molecule has 4 nitrogen and oxygen atoms in total. The minimum Gasteiger partial charge on any atom is -0.461 e. The van der Waals surface area contributed by atoms with Crippen molar-refractivity contribution in [2.75, 3.05) is 6.61 Å². The molecule has 0 amide bonds. The lowest BCUT2D eigenvalue weighted by Crippen LogP contribution is -2.12. The summed E-state index contributed by atoms with van der Waals surface area (Å²) in [6.45, 7) is 2.60. The predicted octanol–water partition coefficient (Wildman–Crippen LogP) is 2.58. The molecule has 0 spiro atoms. The molecule has 0 atom stereocenters. The number of carbonyl (C=O) groups is 1. The van der Waals surface area contributed by atoms with E-state index in [1.807, 2.05) is 18.2 Å². The van der Waals surface area contributed by atoms with Crippen molar-refractivity contribution in [3.05, 3.63) is 59.4 Å². The molecule has 2 aromatic rings. The highest BCUT2D eigenvalue weighted by Gasteiger charge is 2.12. The molecular formula is C15H14N2O2. The van der Waals surface area contributed by atoms with E-state index in [0.29, 0.717) is 24.4 Å². The monoisotopic (exact) mass is 254 g/mol. The van der Waals surface area contributed by atoms with Crippen LogP contribution in [0.25, 0.3) is 0 Å². The van der Waals surface area contributed by atoms with Crippen LogP contribution in [0.5, 0.6) is 0 Å². The average molecular weight is 254 g/mol. The number of nitrogens with zero attached hydrogens (tertiary/aromatic N) is 2. The summed E-state index contributed by atoms with van der Waals surface area (Å²) in [4.78, 5) is 11.8. The van der Waals surface area contributed by atoms with E-state index >= 15 is 0 Å². The standard InChI is InChI=1S/C15H14N2O2/c1-2-19-15(18)14-8-5-9-17(14)11-13-7-4-3-6-12(13)10-16/h3-9H,2,11H2,1H3. The van der Waals surface area contributed by atoms with Gasteiger partial charge in [0.05, 0.1) is 18.2 Å². The third kappa shape index (κ3) is 2.83. The van der Waals surface area contributed by atoms with E-state index < -0.39 is 0 Å². The number of hydrogen-bond donors (Lipinski definition) is 0. The van der Waals surface area contributed by atoms with Gasteiger partial charge in [0.1, 0.15) is 5.69 Å². The fourth-order valence-electron chi connectivity index (χ4n) is 1.89.